The molecular formula is C22H27N5O. The summed E-state index contributed by atoms with van der Waals surface area (Å²) in [5.41, 5.74) is 5.08. The lowest BCUT2D eigenvalue weighted by atomic mass is 10.1. The molecule has 3 heterocycles. The maximum absolute atomic E-state index is 13.4. The Morgan fingerprint density at radius 1 is 1.25 bits per heavy atom. The van der Waals surface area contributed by atoms with Crippen molar-refractivity contribution in [3.05, 3.63) is 47.0 Å². The highest BCUT2D eigenvalue weighted by molar-refractivity contribution is 5.94. The van der Waals surface area contributed by atoms with Gasteiger partial charge in [-0.1, -0.05) is 26.0 Å². The quantitative estimate of drug-likeness (QED) is 0.750. The number of aromatic nitrogens is 4. The first kappa shape index (κ1) is 17.5. The number of rotatable bonds is 4. The summed E-state index contributed by atoms with van der Waals surface area (Å²) in [6, 6.07) is 8.32. The Labute approximate surface area is 164 Å². The number of nitrogens with one attached hydrogen (secondary N) is 1. The molecule has 1 atom stereocenters. The first-order valence-electron chi connectivity index (χ1n) is 10.5. The van der Waals surface area contributed by atoms with Crippen LogP contribution in [0, 0.1) is 5.92 Å². The summed E-state index contributed by atoms with van der Waals surface area (Å²) >= 11 is 0. The molecule has 0 bridgehead atoms. The first-order chi connectivity index (χ1) is 13.6. The van der Waals surface area contributed by atoms with E-state index in [0.29, 0.717) is 11.6 Å². The summed E-state index contributed by atoms with van der Waals surface area (Å²) in [4.78, 5) is 20.4. The van der Waals surface area contributed by atoms with Crippen LogP contribution < -0.4 is 0 Å². The number of likely N-dealkylation sites (tertiary alicyclic amines) is 1. The number of H-pyrrole nitrogens is 1. The van der Waals surface area contributed by atoms with Crippen LogP contribution in [0.25, 0.3) is 11.0 Å². The molecule has 1 aromatic carbocycles. The molecule has 2 aromatic heterocycles. The van der Waals surface area contributed by atoms with Crippen LogP contribution in [0.2, 0.25) is 0 Å². The molecule has 1 fully saturated rings. The second kappa shape index (κ2) is 6.76. The molecule has 146 valence electrons. The standard InChI is InChI=1S/C22H27N5O/c1-14(2)13-27-18-10-4-3-8-17(18)23-21(27)19-11-6-12-26(19)22(28)20-15-7-5-9-16(15)24-25-20/h3-4,8,10,14,19H,5-7,9,11-13H2,1-2H3,(H,24,25)/t19-/m0/s1. The number of benzene rings is 1. The maximum atomic E-state index is 13.4. The average molecular weight is 377 g/mol. The molecule has 0 radical (unpaired) electrons. The van der Waals surface area contributed by atoms with Gasteiger partial charge in [0.15, 0.2) is 5.69 Å². The van der Waals surface area contributed by atoms with Crippen LogP contribution in [0.1, 0.15) is 66.7 Å². The van der Waals surface area contributed by atoms with E-state index in [2.05, 4.69) is 46.8 Å². The number of fused-ring (bicyclic) bond motifs is 2. The molecule has 0 saturated carbocycles. The van der Waals surface area contributed by atoms with Gasteiger partial charge in [-0.25, -0.2) is 4.98 Å². The monoisotopic (exact) mass is 377 g/mol. The number of nitrogens with zero attached hydrogens (tertiary/aromatic N) is 4. The van der Waals surface area contributed by atoms with Crippen LogP contribution in [0.3, 0.4) is 0 Å². The Kier molecular flexibility index (Phi) is 4.22. The van der Waals surface area contributed by atoms with Crippen molar-refractivity contribution in [3.63, 3.8) is 0 Å². The Balaban J connectivity index is 1.54. The molecule has 1 amide bonds. The predicted octanol–water partition coefficient (Wildman–Crippen LogP) is 3.88. The largest absolute Gasteiger partial charge is 0.327 e. The fourth-order valence-electron chi connectivity index (χ4n) is 4.82. The molecule has 1 N–H and O–H groups in total. The van der Waals surface area contributed by atoms with Crippen LogP contribution >= 0.6 is 0 Å². The van der Waals surface area contributed by atoms with Gasteiger partial charge in [0.25, 0.3) is 5.91 Å². The van der Waals surface area contributed by atoms with E-state index < -0.39 is 0 Å². The average Bonchev–Trinajstić information content (AvgIpc) is 3.44. The zero-order valence-electron chi connectivity index (χ0n) is 16.6. The van der Waals surface area contributed by atoms with Crippen LogP contribution in [-0.2, 0) is 19.4 Å². The lowest BCUT2D eigenvalue weighted by Crippen LogP contribution is -2.33. The van der Waals surface area contributed by atoms with Crippen LogP contribution in [0.4, 0.5) is 0 Å². The second-order valence-corrected chi connectivity index (χ2v) is 8.50. The van der Waals surface area contributed by atoms with E-state index in [1.165, 1.54) is 0 Å². The van der Waals surface area contributed by atoms with Gasteiger partial charge in [0, 0.05) is 24.3 Å². The number of hydrogen-bond acceptors (Lipinski definition) is 3. The van der Waals surface area contributed by atoms with E-state index in [1.807, 2.05) is 11.0 Å². The van der Waals surface area contributed by atoms with E-state index in [1.54, 1.807) is 0 Å². The van der Waals surface area contributed by atoms with Crippen molar-refractivity contribution in [2.75, 3.05) is 6.54 Å². The minimum atomic E-state index is 0.0207. The van der Waals surface area contributed by atoms with Crippen molar-refractivity contribution < 1.29 is 4.79 Å². The minimum Gasteiger partial charge on any atom is -0.327 e. The molecule has 1 aliphatic heterocycles. The molecule has 6 nitrogen and oxygen atoms in total. The Bertz CT molecular complexity index is 1030. The lowest BCUT2D eigenvalue weighted by molar-refractivity contribution is 0.0720. The van der Waals surface area contributed by atoms with Crippen molar-refractivity contribution in [1.29, 1.82) is 0 Å². The third-order valence-electron chi connectivity index (χ3n) is 6.05. The number of aryl methyl sites for hydroxylation is 1. The van der Waals surface area contributed by atoms with E-state index >= 15 is 0 Å². The third-order valence-corrected chi connectivity index (χ3v) is 6.05. The highest BCUT2D eigenvalue weighted by Gasteiger charge is 2.37. The fraction of sp³-hybridized carbons (Fsp3) is 0.500. The smallest absolute Gasteiger partial charge is 0.275 e. The zero-order valence-corrected chi connectivity index (χ0v) is 16.6. The van der Waals surface area contributed by atoms with Gasteiger partial charge in [-0.05, 0) is 50.2 Å². The molecule has 6 heteroatoms. The highest BCUT2D eigenvalue weighted by Crippen LogP contribution is 2.36. The van der Waals surface area contributed by atoms with E-state index in [4.69, 9.17) is 4.98 Å². The number of aromatic amines is 1. The van der Waals surface area contributed by atoms with Crippen LogP contribution in [0.5, 0.6) is 0 Å². The number of imidazole rings is 1. The predicted molar refractivity (Wildman–Crippen MR) is 108 cm³/mol. The van der Waals surface area contributed by atoms with E-state index in [0.717, 1.165) is 73.3 Å². The molecule has 5 rings (SSSR count). The zero-order chi connectivity index (χ0) is 19.3. The molecule has 1 saturated heterocycles. The molecule has 0 spiro atoms. The van der Waals surface area contributed by atoms with E-state index in [9.17, 15) is 4.79 Å². The highest BCUT2D eigenvalue weighted by atomic mass is 16.2. The molecule has 28 heavy (non-hydrogen) atoms. The number of carbonyl (C=O) groups is 1. The van der Waals surface area contributed by atoms with Crippen LogP contribution in [0.15, 0.2) is 24.3 Å². The maximum Gasteiger partial charge on any atom is 0.275 e. The minimum absolute atomic E-state index is 0.0207. The van der Waals surface area contributed by atoms with Crippen LogP contribution in [-0.4, -0.2) is 37.1 Å². The topological polar surface area (TPSA) is 66.8 Å². The van der Waals surface area contributed by atoms with Crippen molar-refractivity contribution in [2.24, 2.45) is 5.92 Å². The summed E-state index contributed by atoms with van der Waals surface area (Å²) < 4.78 is 2.32. The number of amides is 1. The summed E-state index contributed by atoms with van der Waals surface area (Å²) in [7, 11) is 0. The molecule has 2 aliphatic rings. The summed E-state index contributed by atoms with van der Waals surface area (Å²) in [5, 5.41) is 7.47. The summed E-state index contributed by atoms with van der Waals surface area (Å²) in [6.45, 7) is 6.13. The SMILES string of the molecule is CC(C)Cn1c([C@@H]2CCCN2C(=O)c2n[nH]c3c2CCC3)nc2ccccc21. The van der Waals surface area contributed by atoms with Crippen molar-refractivity contribution >= 4 is 16.9 Å². The van der Waals surface area contributed by atoms with Gasteiger partial charge in [-0.2, -0.15) is 5.10 Å². The molecule has 1 aliphatic carbocycles. The van der Waals surface area contributed by atoms with Gasteiger partial charge in [0.05, 0.1) is 17.1 Å². The van der Waals surface area contributed by atoms with Gasteiger partial charge in [0.2, 0.25) is 0 Å². The molecule has 3 aromatic rings. The fourth-order valence-corrected chi connectivity index (χ4v) is 4.82. The Morgan fingerprint density at radius 3 is 2.96 bits per heavy atom. The van der Waals surface area contributed by atoms with E-state index in [-0.39, 0.29) is 11.9 Å². The third kappa shape index (κ3) is 2.74. The number of para-hydroxylation sites is 2. The van der Waals surface area contributed by atoms with Crippen molar-refractivity contribution in [2.45, 2.75) is 58.5 Å². The van der Waals surface area contributed by atoms with Gasteiger partial charge in [-0.3, -0.25) is 9.89 Å². The van der Waals surface area contributed by atoms with Gasteiger partial charge < -0.3 is 9.47 Å². The first-order valence-corrected chi connectivity index (χ1v) is 10.5. The molecule has 0 unspecified atom stereocenters. The van der Waals surface area contributed by atoms with Crippen molar-refractivity contribution in [1.82, 2.24) is 24.6 Å². The Morgan fingerprint density at radius 2 is 2.11 bits per heavy atom. The van der Waals surface area contributed by atoms with Gasteiger partial charge >= 0.3 is 0 Å². The summed E-state index contributed by atoms with van der Waals surface area (Å²) in [6.07, 6.45) is 5.03. The lowest BCUT2D eigenvalue weighted by Gasteiger charge is -2.25. The summed E-state index contributed by atoms with van der Waals surface area (Å²) in [5.74, 6) is 1.59. The van der Waals surface area contributed by atoms with Crippen molar-refractivity contribution in [3.8, 4) is 0 Å². The van der Waals surface area contributed by atoms with Gasteiger partial charge in [-0.15, -0.1) is 0 Å². The second-order valence-electron chi connectivity index (χ2n) is 8.50. The number of carbonyl (C=O) groups excluding carboxylic acids is 1. The Hall–Kier alpha value is -2.63. The van der Waals surface area contributed by atoms with Gasteiger partial charge in [0.1, 0.15) is 5.82 Å². The normalized spacial score (nSPS) is 19.1. The molecular weight excluding hydrogens is 350 g/mol. The number of hydrogen-bond donors (Lipinski definition) is 1.